The second-order valence-corrected chi connectivity index (χ2v) is 6.34. The van der Waals surface area contributed by atoms with Crippen molar-refractivity contribution < 1.29 is 4.74 Å². The van der Waals surface area contributed by atoms with Gasteiger partial charge in [0.25, 0.3) is 0 Å². The van der Waals surface area contributed by atoms with Gasteiger partial charge in [0.15, 0.2) is 0 Å². The number of nitrogens with two attached hydrogens (primary N) is 1. The minimum Gasteiger partial charge on any atom is -0.490 e. The van der Waals surface area contributed by atoms with E-state index in [0.29, 0.717) is 12.0 Å². The highest BCUT2D eigenvalue weighted by atomic mass is 16.5. The SMILES string of the molecule is CCC(C)(C)c1ccc(OC2CCCC2CN)cc1. The largest absolute Gasteiger partial charge is 0.490 e. The van der Waals surface area contributed by atoms with Crippen LogP contribution >= 0.6 is 0 Å². The van der Waals surface area contributed by atoms with Gasteiger partial charge in [-0.15, -0.1) is 0 Å². The first-order valence-corrected chi connectivity index (χ1v) is 7.54. The van der Waals surface area contributed by atoms with E-state index in [1.165, 1.54) is 18.4 Å². The third-order valence-corrected chi connectivity index (χ3v) is 4.70. The molecule has 0 amide bonds. The summed E-state index contributed by atoms with van der Waals surface area (Å²) in [7, 11) is 0. The van der Waals surface area contributed by atoms with E-state index < -0.39 is 0 Å². The Kier molecular flexibility index (Phi) is 4.51. The van der Waals surface area contributed by atoms with E-state index in [2.05, 4.69) is 45.0 Å². The van der Waals surface area contributed by atoms with E-state index in [1.807, 2.05) is 0 Å². The van der Waals surface area contributed by atoms with Gasteiger partial charge in [0.05, 0.1) is 0 Å². The van der Waals surface area contributed by atoms with Crippen molar-refractivity contribution in [2.75, 3.05) is 6.54 Å². The molecule has 1 aromatic carbocycles. The molecule has 2 heteroatoms. The molecule has 1 aliphatic rings. The van der Waals surface area contributed by atoms with Crippen LogP contribution in [0.2, 0.25) is 0 Å². The standard InChI is InChI=1S/C17H27NO/c1-4-17(2,3)14-8-10-15(11-9-14)19-16-7-5-6-13(16)12-18/h8-11,13,16H,4-7,12,18H2,1-3H3. The summed E-state index contributed by atoms with van der Waals surface area (Å²) in [6, 6.07) is 8.62. The Hall–Kier alpha value is -1.02. The van der Waals surface area contributed by atoms with Crippen molar-refractivity contribution >= 4 is 0 Å². The van der Waals surface area contributed by atoms with Gasteiger partial charge in [-0.1, -0.05) is 32.9 Å². The third kappa shape index (κ3) is 3.30. The highest BCUT2D eigenvalue weighted by molar-refractivity contribution is 5.31. The molecular formula is C17H27NO. The van der Waals surface area contributed by atoms with Gasteiger partial charge in [-0.3, -0.25) is 0 Å². The summed E-state index contributed by atoms with van der Waals surface area (Å²) in [5.74, 6) is 1.52. The maximum absolute atomic E-state index is 6.10. The van der Waals surface area contributed by atoms with Crippen LogP contribution < -0.4 is 10.5 Å². The molecule has 2 rings (SSSR count). The third-order valence-electron chi connectivity index (χ3n) is 4.70. The Balaban J connectivity index is 2.03. The van der Waals surface area contributed by atoms with Gasteiger partial charge in [0.1, 0.15) is 11.9 Å². The minimum atomic E-state index is 0.242. The summed E-state index contributed by atoms with van der Waals surface area (Å²) in [5, 5.41) is 0. The quantitative estimate of drug-likeness (QED) is 0.873. The second kappa shape index (κ2) is 5.96. The van der Waals surface area contributed by atoms with E-state index in [1.54, 1.807) is 0 Å². The molecule has 0 radical (unpaired) electrons. The van der Waals surface area contributed by atoms with Crippen LogP contribution in [0.15, 0.2) is 24.3 Å². The molecule has 0 saturated heterocycles. The molecule has 0 bridgehead atoms. The average Bonchev–Trinajstić information content (AvgIpc) is 2.86. The van der Waals surface area contributed by atoms with E-state index in [4.69, 9.17) is 10.5 Å². The molecule has 0 aromatic heterocycles. The van der Waals surface area contributed by atoms with Crippen LogP contribution in [0.3, 0.4) is 0 Å². The first kappa shape index (κ1) is 14.4. The maximum Gasteiger partial charge on any atom is 0.119 e. The molecule has 1 saturated carbocycles. The molecular weight excluding hydrogens is 234 g/mol. The van der Waals surface area contributed by atoms with Crippen molar-refractivity contribution in [2.45, 2.75) is 58.0 Å². The fraction of sp³-hybridized carbons (Fsp3) is 0.647. The predicted octanol–water partition coefficient (Wildman–Crippen LogP) is 3.88. The van der Waals surface area contributed by atoms with Crippen LogP contribution in [0.25, 0.3) is 0 Å². The van der Waals surface area contributed by atoms with E-state index in [-0.39, 0.29) is 5.41 Å². The normalized spacial score (nSPS) is 23.6. The average molecular weight is 261 g/mol. The molecule has 1 fully saturated rings. The Morgan fingerprint density at radius 1 is 1.21 bits per heavy atom. The van der Waals surface area contributed by atoms with Gasteiger partial charge in [-0.25, -0.2) is 0 Å². The lowest BCUT2D eigenvalue weighted by molar-refractivity contribution is 0.162. The summed E-state index contributed by atoms with van der Waals surface area (Å²) >= 11 is 0. The zero-order valence-electron chi connectivity index (χ0n) is 12.5. The molecule has 2 atom stereocenters. The monoisotopic (exact) mass is 261 g/mol. The van der Waals surface area contributed by atoms with Gasteiger partial charge < -0.3 is 10.5 Å². The number of hydrogen-bond acceptors (Lipinski definition) is 2. The van der Waals surface area contributed by atoms with E-state index in [9.17, 15) is 0 Å². The summed E-state index contributed by atoms with van der Waals surface area (Å²) in [4.78, 5) is 0. The molecule has 2 N–H and O–H groups in total. The number of hydrogen-bond donors (Lipinski definition) is 1. The zero-order chi connectivity index (χ0) is 13.9. The van der Waals surface area contributed by atoms with Gasteiger partial charge in [0, 0.05) is 5.92 Å². The van der Waals surface area contributed by atoms with Crippen LogP contribution in [-0.4, -0.2) is 12.6 Å². The summed E-state index contributed by atoms with van der Waals surface area (Å²) in [6.07, 6.45) is 5.06. The number of benzene rings is 1. The molecule has 19 heavy (non-hydrogen) atoms. The Labute approximate surface area is 117 Å². The predicted molar refractivity (Wildman–Crippen MR) is 80.6 cm³/mol. The second-order valence-electron chi connectivity index (χ2n) is 6.34. The van der Waals surface area contributed by atoms with Crippen molar-refractivity contribution in [1.29, 1.82) is 0 Å². The van der Waals surface area contributed by atoms with Crippen molar-refractivity contribution in [2.24, 2.45) is 11.7 Å². The van der Waals surface area contributed by atoms with Crippen molar-refractivity contribution in [3.63, 3.8) is 0 Å². The molecule has 0 spiro atoms. The van der Waals surface area contributed by atoms with E-state index >= 15 is 0 Å². The Morgan fingerprint density at radius 2 is 1.89 bits per heavy atom. The zero-order valence-corrected chi connectivity index (χ0v) is 12.5. The molecule has 1 aromatic rings. The summed E-state index contributed by atoms with van der Waals surface area (Å²) < 4.78 is 6.10. The molecule has 0 aliphatic heterocycles. The molecule has 1 aliphatic carbocycles. The van der Waals surface area contributed by atoms with Crippen LogP contribution in [0.5, 0.6) is 5.75 Å². The van der Waals surface area contributed by atoms with Gasteiger partial charge in [-0.05, 0) is 55.3 Å². The molecule has 2 unspecified atom stereocenters. The van der Waals surface area contributed by atoms with Crippen molar-refractivity contribution in [3.05, 3.63) is 29.8 Å². The van der Waals surface area contributed by atoms with E-state index in [0.717, 1.165) is 25.1 Å². The minimum absolute atomic E-state index is 0.242. The highest BCUT2D eigenvalue weighted by Gasteiger charge is 2.27. The number of rotatable bonds is 5. The van der Waals surface area contributed by atoms with Crippen molar-refractivity contribution in [3.8, 4) is 5.75 Å². The topological polar surface area (TPSA) is 35.2 Å². The Bertz CT molecular complexity index is 396. The fourth-order valence-electron chi connectivity index (χ4n) is 2.79. The molecule has 2 nitrogen and oxygen atoms in total. The Morgan fingerprint density at radius 3 is 2.47 bits per heavy atom. The van der Waals surface area contributed by atoms with Gasteiger partial charge in [0.2, 0.25) is 0 Å². The maximum atomic E-state index is 6.10. The van der Waals surface area contributed by atoms with Crippen LogP contribution in [-0.2, 0) is 5.41 Å². The lowest BCUT2D eigenvalue weighted by Crippen LogP contribution is -2.27. The smallest absolute Gasteiger partial charge is 0.119 e. The van der Waals surface area contributed by atoms with Gasteiger partial charge >= 0.3 is 0 Å². The lowest BCUT2D eigenvalue weighted by atomic mass is 9.82. The first-order chi connectivity index (χ1) is 9.06. The van der Waals surface area contributed by atoms with Crippen LogP contribution in [0.4, 0.5) is 0 Å². The lowest BCUT2D eigenvalue weighted by Gasteiger charge is -2.24. The van der Waals surface area contributed by atoms with Crippen molar-refractivity contribution in [1.82, 2.24) is 0 Å². The summed E-state index contributed by atoms with van der Waals surface area (Å²) in [6.45, 7) is 7.54. The fourth-order valence-corrected chi connectivity index (χ4v) is 2.79. The summed E-state index contributed by atoms with van der Waals surface area (Å²) in [5.41, 5.74) is 7.42. The molecule has 0 heterocycles. The highest BCUT2D eigenvalue weighted by Crippen LogP contribution is 2.31. The molecule has 106 valence electrons. The first-order valence-electron chi connectivity index (χ1n) is 7.54. The van der Waals surface area contributed by atoms with Gasteiger partial charge in [-0.2, -0.15) is 0 Å². The van der Waals surface area contributed by atoms with Crippen LogP contribution in [0, 0.1) is 5.92 Å². The van der Waals surface area contributed by atoms with Crippen LogP contribution in [0.1, 0.15) is 52.0 Å². The number of ether oxygens (including phenoxy) is 1.